The van der Waals surface area contributed by atoms with Crippen LogP contribution in [0.2, 0.25) is 0 Å². The minimum atomic E-state index is 0. The molecule has 4 heteroatoms. The number of rotatable bonds is 2. The number of hydrogen-bond donors (Lipinski definition) is 0. The monoisotopic (exact) mass is 286 g/mol. The van der Waals surface area contributed by atoms with Crippen molar-refractivity contribution in [2.24, 2.45) is 10.2 Å². The summed E-state index contributed by atoms with van der Waals surface area (Å²) in [4.78, 5) is 0. The standard InChI is InChI=1S/C16H12N2O.K/c19-16-11-10-15(13-8-4-5-9-14(13)16)18-17-12-6-2-1-3-7-12;/h1-11,19H;/q;+1/p-1. The molecule has 3 nitrogen and oxygen atoms in total. The van der Waals surface area contributed by atoms with Gasteiger partial charge < -0.3 is 5.11 Å². The van der Waals surface area contributed by atoms with E-state index in [1.54, 1.807) is 12.1 Å². The fourth-order valence-corrected chi connectivity index (χ4v) is 1.95. The molecular weight excluding hydrogens is 275 g/mol. The summed E-state index contributed by atoms with van der Waals surface area (Å²) in [6.45, 7) is 0. The maximum Gasteiger partial charge on any atom is 1.00 e. The van der Waals surface area contributed by atoms with Gasteiger partial charge in [0, 0.05) is 5.39 Å². The van der Waals surface area contributed by atoms with Crippen LogP contribution in [0, 0.1) is 0 Å². The summed E-state index contributed by atoms with van der Waals surface area (Å²) in [5.41, 5.74) is 1.50. The molecule has 0 bridgehead atoms. The first-order valence-corrected chi connectivity index (χ1v) is 6.00. The minimum absolute atomic E-state index is 0. The smallest absolute Gasteiger partial charge is 0.872 e. The van der Waals surface area contributed by atoms with E-state index in [9.17, 15) is 5.11 Å². The number of hydrogen-bond acceptors (Lipinski definition) is 3. The average molecular weight is 286 g/mol. The van der Waals surface area contributed by atoms with Gasteiger partial charge in [0.2, 0.25) is 0 Å². The number of azo groups is 1. The Morgan fingerprint density at radius 2 is 1.30 bits per heavy atom. The van der Waals surface area contributed by atoms with E-state index in [0.29, 0.717) is 11.1 Å². The molecule has 20 heavy (non-hydrogen) atoms. The van der Waals surface area contributed by atoms with Crippen molar-refractivity contribution < 1.29 is 56.5 Å². The molecule has 0 fully saturated rings. The van der Waals surface area contributed by atoms with E-state index in [0.717, 1.165) is 11.1 Å². The van der Waals surface area contributed by atoms with Crippen LogP contribution < -0.4 is 56.5 Å². The van der Waals surface area contributed by atoms with Crippen molar-refractivity contribution in [3.05, 3.63) is 66.7 Å². The zero-order valence-corrected chi connectivity index (χ0v) is 14.3. The van der Waals surface area contributed by atoms with Gasteiger partial charge in [0.15, 0.2) is 0 Å². The Bertz CT molecular complexity index is 742. The van der Waals surface area contributed by atoms with Crippen LogP contribution in [0.5, 0.6) is 5.75 Å². The predicted molar refractivity (Wildman–Crippen MR) is 74.0 cm³/mol. The van der Waals surface area contributed by atoms with Crippen molar-refractivity contribution in [2.75, 3.05) is 0 Å². The Labute approximate surface area is 159 Å². The van der Waals surface area contributed by atoms with Crippen LogP contribution in [0.4, 0.5) is 11.4 Å². The first-order valence-electron chi connectivity index (χ1n) is 6.00. The van der Waals surface area contributed by atoms with Crippen molar-refractivity contribution in [1.82, 2.24) is 0 Å². The predicted octanol–water partition coefficient (Wildman–Crippen LogP) is 1.33. The van der Waals surface area contributed by atoms with Crippen molar-refractivity contribution >= 4 is 22.1 Å². The fraction of sp³-hybridized carbons (Fsp3) is 0. The van der Waals surface area contributed by atoms with Crippen molar-refractivity contribution in [2.45, 2.75) is 0 Å². The Hall–Kier alpha value is -1.04. The van der Waals surface area contributed by atoms with E-state index in [-0.39, 0.29) is 57.1 Å². The molecule has 0 aliphatic heterocycles. The number of fused-ring (bicyclic) bond motifs is 1. The van der Waals surface area contributed by atoms with Gasteiger partial charge in [-0.3, -0.25) is 0 Å². The second-order valence-corrected chi connectivity index (χ2v) is 4.16. The summed E-state index contributed by atoms with van der Waals surface area (Å²) in [5, 5.41) is 21.6. The van der Waals surface area contributed by atoms with Gasteiger partial charge >= 0.3 is 51.4 Å². The van der Waals surface area contributed by atoms with E-state index in [4.69, 9.17) is 0 Å². The molecule has 0 aliphatic carbocycles. The molecule has 0 unspecified atom stereocenters. The van der Waals surface area contributed by atoms with Crippen molar-refractivity contribution in [3.8, 4) is 5.75 Å². The summed E-state index contributed by atoms with van der Waals surface area (Å²) in [5.74, 6) is 0.00858. The van der Waals surface area contributed by atoms with E-state index >= 15 is 0 Å². The molecule has 0 aliphatic rings. The Morgan fingerprint density at radius 3 is 2.05 bits per heavy atom. The molecule has 0 N–H and O–H groups in total. The number of nitrogens with zero attached hydrogens (tertiary/aromatic N) is 2. The molecule has 0 heterocycles. The summed E-state index contributed by atoms with van der Waals surface area (Å²) < 4.78 is 0. The van der Waals surface area contributed by atoms with E-state index < -0.39 is 0 Å². The maximum atomic E-state index is 11.7. The van der Waals surface area contributed by atoms with Crippen LogP contribution >= 0.6 is 0 Å². The SMILES string of the molecule is [K+].[O-]c1ccc(N=Nc2ccccc2)c2ccccc12. The molecular formula is C16H11KN2O. The molecule has 3 rings (SSSR count). The Kier molecular flexibility index (Phi) is 5.45. The van der Waals surface area contributed by atoms with Crippen molar-refractivity contribution in [3.63, 3.8) is 0 Å². The van der Waals surface area contributed by atoms with Gasteiger partial charge in [-0.1, -0.05) is 48.5 Å². The van der Waals surface area contributed by atoms with Gasteiger partial charge in [-0.2, -0.15) is 5.11 Å². The summed E-state index contributed by atoms with van der Waals surface area (Å²) in [6, 6.07) is 20.2. The molecule has 0 saturated carbocycles. The largest absolute Gasteiger partial charge is 1.00 e. The zero-order chi connectivity index (χ0) is 13.1. The van der Waals surface area contributed by atoms with Crippen LogP contribution in [0.15, 0.2) is 77.0 Å². The van der Waals surface area contributed by atoms with E-state index in [1.165, 1.54) is 6.07 Å². The van der Waals surface area contributed by atoms with Gasteiger partial charge in [0.05, 0.1) is 11.4 Å². The molecule has 0 atom stereocenters. The fourth-order valence-electron chi connectivity index (χ4n) is 1.95. The van der Waals surface area contributed by atoms with Gasteiger partial charge in [-0.25, -0.2) is 0 Å². The molecule has 0 radical (unpaired) electrons. The van der Waals surface area contributed by atoms with Crippen LogP contribution in [-0.4, -0.2) is 0 Å². The third kappa shape index (κ3) is 3.34. The molecule has 0 spiro atoms. The zero-order valence-electron chi connectivity index (χ0n) is 11.2. The normalized spacial score (nSPS) is 10.6. The van der Waals surface area contributed by atoms with Crippen molar-refractivity contribution in [1.29, 1.82) is 0 Å². The summed E-state index contributed by atoms with van der Waals surface area (Å²) in [7, 11) is 0. The summed E-state index contributed by atoms with van der Waals surface area (Å²) >= 11 is 0. The first kappa shape index (κ1) is 15.3. The average Bonchev–Trinajstić information content (AvgIpc) is 2.48. The van der Waals surface area contributed by atoms with E-state index in [1.807, 2.05) is 48.5 Å². The quantitative estimate of drug-likeness (QED) is 0.518. The Morgan fingerprint density at radius 1 is 0.650 bits per heavy atom. The topological polar surface area (TPSA) is 47.8 Å². The molecule has 3 aromatic rings. The second-order valence-electron chi connectivity index (χ2n) is 4.16. The van der Waals surface area contributed by atoms with Gasteiger partial charge in [-0.15, -0.1) is 10.9 Å². The third-order valence-corrected chi connectivity index (χ3v) is 2.89. The van der Waals surface area contributed by atoms with Crippen LogP contribution in [-0.2, 0) is 0 Å². The Balaban J connectivity index is 0.00000147. The maximum absolute atomic E-state index is 11.7. The second kappa shape index (κ2) is 7.10. The van der Waals surface area contributed by atoms with Gasteiger partial charge in [0.1, 0.15) is 0 Å². The minimum Gasteiger partial charge on any atom is -0.872 e. The molecule has 0 aromatic heterocycles. The van der Waals surface area contributed by atoms with Crippen LogP contribution in [0.1, 0.15) is 0 Å². The molecule has 0 saturated heterocycles. The molecule has 0 amide bonds. The third-order valence-electron chi connectivity index (χ3n) is 2.89. The first-order chi connectivity index (χ1) is 9.34. The summed E-state index contributed by atoms with van der Waals surface area (Å²) in [6.07, 6.45) is 0. The van der Waals surface area contributed by atoms with Gasteiger partial charge in [-0.05, 0) is 23.6 Å². The van der Waals surface area contributed by atoms with Crippen LogP contribution in [0.3, 0.4) is 0 Å². The number of benzene rings is 3. The molecule has 92 valence electrons. The van der Waals surface area contributed by atoms with E-state index in [2.05, 4.69) is 10.2 Å². The van der Waals surface area contributed by atoms with Crippen LogP contribution in [0.25, 0.3) is 10.8 Å². The van der Waals surface area contributed by atoms with Gasteiger partial charge in [0.25, 0.3) is 0 Å². The molecule has 3 aromatic carbocycles.